The van der Waals surface area contributed by atoms with Gasteiger partial charge in [-0.2, -0.15) is 0 Å². The molecule has 0 spiro atoms. The molecule has 0 N–H and O–H groups in total. The summed E-state index contributed by atoms with van der Waals surface area (Å²) >= 11 is 1.74. The molecular weight excluding hydrogens is 366 g/mol. The van der Waals surface area contributed by atoms with Gasteiger partial charge in [-0.25, -0.2) is 0 Å². The van der Waals surface area contributed by atoms with Crippen LogP contribution in [-0.2, 0) is 13.2 Å². The first-order chi connectivity index (χ1) is 13.7. The number of fused-ring (bicyclic) bond motifs is 1. The molecular formula is C24H23NO2S. The van der Waals surface area contributed by atoms with Gasteiger partial charge in [-0.3, -0.25) is 0 Å². The number of hydrogen-bond donors (Lipinski definition) is 0. The van der Waals surface area contributed by atoms with Crippen molar-refractivity contribution in [2.24, 2.45) is 0 Å². The summed E-state index contributed by atoms with van der Waals surface area (Å²) in [6.07, 6.45) is 0. The zero-order valence-corrected chi connectivity index (χ0v) is 16.9. The molecule has 0 radical (unpaired) electrons. The first-order valence-corrected chi connectivity index (χ1v) is 10.1. The van der Waals surface area contributed by atoms with Crippen molar-refractivity contribution < 1.29 is 9.47 Å². The standard InChI is InChI=1S/C24H23NO2S/c1-25(2)24-15-21-22(27-17-19-11-7-4-8-12-19)13-20(14-23(21)28-24)26-16-18-9-5-3-6-10-18/h3-15H,16-17H2,1-2H3. The van der Waals surface area contributed by atoms with Crippen LogP contribution >= 0.6 is 11.3 Å². The lowest BCUT2D eigenvalue weighted by Crippen LogP contribution is -2.05. The Balaban J connectivity index is 1.62. The van der Waals surface area contributed by atoms with Gasteiger partial charge in [0.05, 0.1) is 5.00 Å². The van der Waals surface area contributed by atoms with Crippen molar-refractivity contribution in [2.45, 2.75) is 13.2 Å². The number of nitrogens with zero attached hydrogens (tertiary/aromatic N) is 1. The molecule has 0 atom stereocenters. The second-order valence-corrected chi connectivity index (χ2v) is 7.92. The molecule has 4 heteroatoms. The highest BCUT2D eigenvalue weighted by Gasteiger charge is 2.12. The smallest absolute Gasteiger partial charge is 0.132 e. The molecule has 1 heterocycles. The van der Waals surface area contributed by atoms with Crippen molar-refractivity contribution in [1.82, 2.24) is 0 Å². The highest BCUT2D eigenvalue weighted by atomic mass is 32.1. The molecule has 0 aliphatic rings. The van der Waals surface area contributed by atoms with Gasteiger partial charge in [0.15, 0.2) is 0 Å². The Bertz CT molecular complexity index is 1040. The van der Waals surface area contributed by atoms with E-state index >= 15 is 0 Å². The Morgan fingerprint density at radius 2 is 1.36 bits per heavy atom. The topological polar surface area (TPSA) is 21.7 Å². The molecule has 142 valence electrons. The van der Waals surface area contributed by atoms with Crippen LogP contribution < -0.4 is 14.4 Å². The van der Waals surface area contributed by atoms with Crippen molar-refractivity contribution in [3.05, 3.63) is 90.0 Å². The van der Waals surface area contributed by atoms with E-state index in [1.807, 2.05) is 42.5 Å². The third-order valence-corrected chi connectivity index (χ3v) is 5.74. The number of rotatable bonds is 7. The Morgan fingerprint density at radius 3 is 1.96 bits per heavy atom. The van der Waals surface area contributed by atoms with Crippen LogP contribution in [0.25, 0.3) is 10.1 Å². The summed E-state index contributed by atoms with van der Waals surface area (Å²) in [6, 6.07) is 26.7. The lowest BCUT2D eigenvalue weighted by Gasteiger charge is -2.11. The van der Waals surface area contributed by atoms with Gasteiger partial charge in [0.25, 0.3) is 0 Å². The van der Waals surface area contributed by atoms with E-state index < -0.39 is 0 Å². The minimum absolute atomic E-state index is 0.533. The van der Waals surface area contributed by atoms with E-state index in [0.717, 1.165) is 32.7 Å². The second kappa shape index (κ2) is 8.36. The fourth-order valence-electron chi connectivity index (χ4n) is 2.97. The third-order valence-electron chi connectivity index (χ3n) is 4.49. The molecule has 3 aromatic carbocycles. The summed E-state index contributed by atoms with van der Waals surface area (Å²) in [5.41, 5.74) is 2.30. The molecule has 0 bridgehead atoms. The first kappa shape index (κ1) is 18.4. The van der Waals surface area contributed by atoms with Crippen LogP contribution in [0.5, 0.6) is 11.5 Å². The maximum atomic E-state index is 6.20. The predicted octanol–water partition coefficient (Wildman–Crippen LogP) is 6.13. The van der Waals surface area contributed by atoms with Crippen molar-refractivity contribution in [1.29, 1.82) is 0 Å². The molecule has 0 aliphatic heterocycles. The molecule has 0 aliphatic carbocycles. The molecule has 1 aromatic heterocycles. The van der Waals surface area contributed by atoms with Crippen LogP contribution in [0.1, 0.15) is 11.1 Å². The van der Waals surface area contributed by atoms with Gasteiger partial charge in [-0.15, -0.1) is 11.3 Å². The van der Waals surface area contributed by atoms with Crippen molar-refractivity contribution >= 4 is 26.4 Å². The van der Waals surface area contributed by atoms with Crippen molar-refractivity contribution in [3.8, 4) is 11.5 Å². The predicted molar refractivity (Wildman–Crippen MR) is 118 cm³/mol. The van der Waals surface area contributed by atoms with Crippen molar-refractivity contribution in [2.75, 3.05) is 19.0 Å². The van der Waals surface area contributed by atoms with Gasteiger partial charge in [-0.1, -0.05) is 60.7 Å². The maximum absolute atomic E-state index is 6.20. The van der Waals surface area contributed by atoms with E-state index in [1.165, 1.54) is 5.00 Å². The molecule has 0 saturated carbocycles. The van der Waals surface area contributed by atoms with E-state index in [0.29, 0.717) is 13.2 Å². The molecule has 0 amide bonds. The molecule has 0 saturated heterocycles. The van der Waals surface area contributed by atoms with Gasteiger partial charge in [0.2, 0.25) is 0 Å². The lowest BCUT2D eigenvalue weighted by molar-refractivity contribution is 0.293. The van der Waals surface area contributed by atoms with Crippen LogP contribution in [0, 0.1) is 0 Å². The van der Waals surface area contributed by atoms with E-state index in [4.69, 9.17) is 9.47 Å². The van der Waals surface area contributed by atoms with Gasteiger partial charge in [0, 0.05) is 30.2 Å². The maximum Gasteiger partial charge on any atom is 0.132 e. The summed E-state index contributed by atoms with van der Waals surface area (Å²) in [4.78, 5) is 2.12. The van der Waals surface area contributed by atoms with Crippen LogP contribution in [-0.4, -0.2) is 14.1 Å². The molecule has 4 rings (SSSR count). The molecule has 0 unspecified atom stereocenters. The van der Waals surface area contributed by atoms with Gasteiger partial charge >= 0.3 is 0 Å². The summed E-state index contributed by atoms with van der Waals surface area (Å²) in [5.74, 6) is 1.68. The van der Waals surface area contributed by atoms with Crippen LogP contribution in [0.3, 0.4) is 0 Å². The minimum atomic E-state index is 0.533. The van der Waals surface area contributed by atoms with Crippen LogP contribution in [0.15, 0.2) is 78.9 Å². The Morgan fingerprint density at radius 1 is 0.750 bits per heavy atom. The first-order valence-electron chi connectivity index (χ1n) is 9.27. The van der Waals surface area contributed by atoms with Crippen LogP contribution in [0.4, 0.5) is 5.00 Å². The summed E-state index contributed by atoms with van der Waals surface area (Å²) in [6.45, 7) is 1.07. The largest absolute Gasteiger partial charge is 0.489 e. The molecule has 0 fully saturated rings. The number of hydrogen-bond acceptors (Lipinski definition) is 4. The van der Waals surface area contributed by atoms with E-state index in [2.05, 4.69) is 55.4 Å². The summed E-state index contributed by atoms with van der Waals surface area (Å²) in [7, 11) is 4.12. The number of ether oxygens (including phenoxy) is 2. The molecule has 4 aromatic rings. The van der Waals surface area contributed by atoms with Crippen LogP contribution in [0.2, 0.25) is 0 Å². The second-order valence-electron chi connectivity index (χ2n) is 6.86. The highest BCUT2D eigenvalue weighted by molar-refractivity contribution is 7.22. The highest BCUT2D eigenvalue weighted by Crippen LogP contribution is 2.40. The van der Waals surface area contributed by atoms with E-state index in [1.54, 1.807) is 11.3 Å². The lowest BCUT2D eigenvalue weighted by atomic mass is 10.2. The van der Waals surface area contributed by atoms with E-state index in [9.17, 15) is 0 Å². The van der Waals surface area contributed by atoms with Crippen molar-refractivity contribution in [3.63, 3.8) is 0 Å². The zero-order valence-electron chi connectivity index (χ0n) is 16.1. The monoisotopic (exact) mass is 389 g/mol. The summed E-state index contributed by atoms with van der Waals surface area (Å²) in [5, 5.41) is 2.32. The number of benzene rings is 3. The summed E-state index contributed by atoms with van der Waals surface area (Å²) < 4.78 is 13.4. The van der Waals surface area contributed by atoms with Gasteiger partial charge < -0.3 is 14.4 Å². The molecule has 3 nitrogen and oxygen atoms in total. The SMILES string of the molecule is CN(C)c1cc2c(OCc3ccccc3)cc(OCc3ccccc3)cc2s1. The fourth-order valence-corrected chi connectivity index (χ4v) is 4.00. The van der Waals surface area contributed by atoms with Gasteiger partial charge in [0.1, 0.15) is 24.7 Å². The number of thiophene rings is 1. The minimum Gasteiger partial charge on any atom is -0.489 e. The Labute approximate surface area is 169 Å². The fraction of sp³-hybridized carbons (Fsp3) is 0.167. The average Bonchev–Trinajstić information content (AvgIpc) is 3.17. The third kappa shape index (κ3) is 4.29. The van der Waals surface area contributed by atoms with Gasteiger partial charge in [-0.05, 0) is 23.3 Å². The number of anilines is 1. The van der Waals surface area contributed by atoms with E-state index in [-0.39, 0.29) is 0 Å². The quantitative estimate of drug-likeness (QED) is 0.380. The average molecular weight is 390 g/mol. The molecule has 28 heavy (non-hydrogen) atoms. The Kier molecular flexibility index (Phi) is 5.49. The normalized spacial score (nSPS) is 10.8. The Hall–Kier alpha value is -2.98. The zero-order chi connectivity index (χ0) is 19.3.